The number of hydrogen-bond acceptors (Lipinski definition) is 0. The third kappa shape index (κ3) is 11.1. The molecule has 0 N–H and O–H groups in total. The molecule has 0 rings (SSSR count). The van der Waals surface area contributed by atoms with E-state index in [4.69, 9.17) is 7.74 Å². The molecule has 0 heterocycles. The Hall–Kier alpha value is 2.28. The molecule has 0 nitrogen and oxygen atoms in total. The predicted octanol–water partition coefficient (Wildman–Crippen LogP) is 1.01. The van der Waals surface area contributed by atoms with E-state index in [1.165, 1.54) is 0 Å². The molecule has 0 aromatic rings. The van der Waals surface area contributed by atoms with E-state index in [1.807, 2.05) is 7.17 Å². The van der Waals surface area contributed by atoms with Crippen molar-refractivity contribution < 1.29 is 19.5 Å². The van der Waals surface area contributed by atoms with Crippen LogP contribution in [0.3, 0.4) is 0 Å². The van der Waals surface area contributed by atoms with E-state index in [2.05, 4.69) is 45.2 Å². The van der Waals surface area contributed by atoms with Gasteiger partial charge in [0.25, 0.3) is 0 Å². The first-order valence-electron chi connectivity index (χ1n) is 1.92. The van der Waals surface area contributed by atoms with E-state index in [-0.39, 0.29) is 19.5 Å². The number of alkyl halides is 2. The van der Waals surface area contributed by atoms with Gasteiger partial charge < -0.3 is 0 Å². The average molecular weight is 416 g/mol. The molecule has 0 atom stereocenters. The minimum Gasteiger partial charge on any atom is -0.0718 e. The van der Waals surface area contributed by atoms with Crippen molar-refractivity contribution in [1.82, 2.24) is 0 Å². The Balaban J connectivity index is 0. The molecule has 0 amide bonds. The van der Waals surface area contributed by atoms with Crippen LogP contribution in [0.25, 0.3) is 0 Å². The Morgan fingerprint density at radius 3 is 2.12 bits per heavy atom. The van der Waals surface area contributed by atoms with Crippen LogP contribution in [0.2, 0.25) is 6.32 Å². The minimum atomic E-state index is 0. The van der Waals surface area contributed by atoms with Gasteiger partial charge in [0.15, 0.2) is 0 Å². The zero-order valence-electron chi connectivity index (χ0n) is 4.11. The van der Waals surface area contributed by atoms with E-state index in [0.717, 1.165) is 6.32 Å². The number of rotatable bonds is 3. The summed E-state index contributed by atoms with van der Waals surface area (Å²) >= 11 is 4.69. The maximum atomic E-state index is 5.09. The van der Waals surface area contributed by atoms with E-state index in [9.17, 15) is 0 Å². The molecule has 0 saturated carbocycles. The van der Waals surface area contributed by atoms with Crippen LogP contribution < -0.4 is 0 Å². The first-order chi connectivity index (χ1) is 3.27. The first-order valence-corrected chi connectivity index (χ1v) is 4.41. The van der Waals surface area contributed by atoms with Crippen molar-refractivity contribution in [3.05, 3.63) is 0 Å². The van der Waals surface area contributed by atoms with Gasteiger partial charge in [-0.1, -0.05) is 51.5 Å². The van der Waals surface area contributed by atoms with Crippen molar-refractivity contribution in [3.63, 3.8) is 0 Å². The van der Waals surface area contributed by atoms with Gasteiger partial charge in [0.2, 0.25) is 0 Å². The Bertz CT molecular complexity index is 44.3. The molecule has 0 aliphatic heterocycles. The topological polar surface area (TPSA) is 0 Å². The molecular formula is C2H3B3I2Rh. The van der Waals surface area contributed by atoms with E-state index >= 15 is 0 Å². The van der Waals surface area contributed by atoms with Gasteiger partial charge in [0.05, 0.1) is 9.10 Å². The van der Waals surface area contributed by atoms with Gasteiger partial charge in [-0.3, -0.25) is 0 Å². The molecule has 5 radical (unpaired) electrons. The van der Waals surface area contributed by atoms with E-state index < -0.39 is 0 Å². The summed E-state index contributed by atoms with van der Waals surface area (Å²) in [6, 6.07) is 0. The van der Waals surface area contributed by atoms with Crippen LogP contribution >= 0.6 is 45.2 Å². The molecule has 0 unspecified atom stereocenters. The number of halogens is 2. The molecule has 0 aromatic carbocycles. The van der Waals surface area contributed by atoms with Crippen LogP contribution in [0.1, 0.15) is 0 Å². The molecule has 0 aliphatic rings. The van der Waals surface area contributed by atoms with Crippen molar-refractivity contribution >= 4 is 67.2 Å². The molecule has 0 saturated heterocycles. The summed E-state index contributed by atoms with van der Waals surface area (Å²) in [5.74, 6) is 0. The second-order valence-corrected chi connectivity index (χ2v) is 6.45. The zero-order valence-corrected chi connectivity index (χ0v) is 10.1. The predicted molar refractivity (Wildman–Crippen MR) is 53.9 cm³/mol. The van der Waals surface area contributed by atoms with Gasteiger partial charge in [-0.2, -0.15) is 0 Å². The molecule has 0 aliphatic carbocycles. The van der Waals surface area contributed by atoms with Gasteiger partial charge >= 0.3 is 0 Å². The molecule has 0 fully saturated rings. The molecular weight excluding hydrogens is 413 g/mol. The van der Waals surface area contributed by atoms with Crippen LogP contribution in [0.4, 0.5) is 0 Å². The maximum Gasteiger partial charge on any atom is 0.0568 e. The van der Waals surface area contributed by atoms with Crippen LogP contribution in [-0.4, -0.2) is 23.9 Å². The van der Waals surface area contributed by atoms with Crippen molar-refractivity contribution in [2.45, 2.75) is 8.25 Å². The number of hydrogen-bond donors (Lipinski definition) is 0. The SMILES string of the molecule is [B][B][B]CC(I)I.[Rh]. The smallest absolute Gasteiger partial charge is 0.0568 e. The summed E-state index contributed by atoms with van der Waals surface area (Å²) in [6.07, 6.45) is 1.07. The third-order valence-electron chi connectivity index (χ3n) is 0.450. The quantitative estimate of drug-likeness (QED) is 0.366. The molecule has 8 heavy (non-hydrogen) atoms. The molecule has 0 spiro atoms. The molecule has 0 bridgehead atoms. The first kappa shape index (κ1) is 12.9. The van der Waals surface area contributed by atoms with Gasteiger partial charge in [0, 0.05) is 34.3 Å². The summed E-state index contributed by atoms with van der Waals surface area (Å²) in [6.45, 7) is 0. The van der Waals surface area contributed by atoms with Gasteiger partial charge in [-0.05, 0) is 0 Å². The molecule has 43 valence electrons. The summed E-state index contributed by atoms with van der Waals surface area (Å²) < 4.78 is 0.676. The zero-order chi connectivity index (χ0) is 5.70. The Labute approximate surface area is 93.6 Å². The average Bonchev–Trinajstić information content (AvgIpc) is 1.61. The minimum absolute atomic E-state index is 0. The third-order valence-corrected chi connectivity index (χ3v) is 1.47. The fraction of sp³-hybridized carbons (Fsp3) is 1.00. The van der Waals surface area contributed by atoms with E-state index in [0.29, 0.717) is 1.93 Å². The standard InChI is InChI=1S/C2H3B3I2.Rh/c3-5-4-1-2(6)7;/h2H,1H2;. The molecule has 6 heteroatoms. The second kappa shape index (κ2) is 9.28. The Kier molecular flexibility index (Phi) is 15.0. The summed E-state index contributed by atoms with van der Waals surface area (Å²) in [5, 5.41) is 0. The summed E-state index contributed by atoms with van der Waals surface area (Å²) in [5.41, 5.74) is 0. The van der Waals surface area contributed by atoms with Crippen LogP contribution in [0.15, 0.2) is 0 Å². The van der Waals surface area contributed by atoms with Gasteiger partial charge in [-0.15, -0.1) is 0 Å². The van der Waals surface area contributed by atoms with Crippen molar-refractivity contribution in [1.29, 1.82) is 0 Å². The summed E-state index contributed by atoms with van der Waals surface area (Å²) in [4.78, 5) is 0. The van der Waals surface area contributed by atoms with Crippen LogP contribution in [0.5, 0.6) is 0 Å². The second-order valence-electron chi connectivity index (χ2n) is 1.05. The Morgan fingerprint density at radius 2 is 2.00 bits per heavy atom. The van der Waals surface area contributed by atoms with Crippen LogP contribution in [0, 0.1) is 0 Å². The normalized spacial score (nSPS) is 7.88. The summed E-state index contributed by atoms with van der Waals surface area (Å²) in [7, 11) is 8.64. The molecule has 0 aromatic heterocycles. The maximum absolute atomic E-state index is 5.09. The van der Waals surface area contributed by atoms with Gasteiger partial charge in [-0.25, -0.2) is 0 Å². The van der Waals surface area contributed by atoms with Crippen molar-refractivity contribution in [3.8, 4) is 0 Å². The van der Waals surface area contributed by atoms with Crippen molar-refractivity contribution in [2.24, 2.45) is 0 Å². The largest absolute Gasteiger partial charge is 0.0718 e. The van der Waals surface area contributed by atoms with Gasteiger partial charge in [0.1, 0.15) is 0 Å². The van der Waals surface area contributed by atoms with E-state index in [1.54, 1.807) is 7.06 Å². The van der Waals surface area contributed by atoms with Crippen molar-refractivity contribution in [2.75, 3.05) is 0 Å². The monoisotopic (exact) mass is 417 g/mol. The fourth-order valence-electron chi connectivity index (χ4n) is 0.181. The van der Waals surface area contributed by atoms with Crippen LogP contribution in [-0.2, 0) is 19.5 Å². The Morgan fingerprint density at radius 1 is 1.50 bits per heavy atom. The fourth-order valence-corrected chi connectivity index (χ4v) is 0.769.